The number of amides is 3. The van der Waals surface area contributed by atoms with Crippen LogP contribution in [0.15, 0.2) is 45.9 Å². The SMILES string of the molecule is CO[NH2+]c1ccc(-c2ccc(/C=N/N3CC(=O)N(CCl)C3=O)o2)cc1. The largest absolute Gasteiger partial charge is 0.455 e. The second-order valence-corrected chi connectivity index (χ2v) is 5.44. The lowest BCUT2D eigenvalue weighted by Crippen LogP contribution is -2.75. The molecule has 1 aliphatic heterocycles. The summed E-state index contributed by atoms with van der Waals surface area (Å²) in [5.74, 6) is 0.744. The maximum atomic E-state index is 11.9. The molecule has 130 valence electrons. The van der Waals surface area contributed by atoms with Crippen molar-refractivity contribution >= 4 is 35.4 Å². The second kappa shape index (κ2) is 7.47. The minimum absolute atomic E-state index is 0.132. The Labute approximate surface area is 148 Å². The molecule has 25 heavy (non-hydrogen) atoms. The normalized spacial score (nSPS) is 15.0. The van der Waals surface area contributed by atoms with Crippen LogP contribution in [0.3, 0.4) is 0 Å². The van der Waals surface area contributed by atoms with E-state index in [4.69, 9.17) is 20.9 Å². The van der Waals surface area contributed by atoms with Crippen LogP contribution in [0.25, 0.3) is 11.3 Å². The highest BCUT2D eigenvalue weighted by Gasteiger charge is 2.35. The number of halogens is 1. The average molecular weight is 364 g/mol. The number of nitrogens with two attached hydrogens (primary N) is 1. The van der Waals surface area contributed by atoms with E-state index in [1.165, 1.54) is 6.21 Å². The molecule has 2 N–H and O–H groups in total. The number of urea groups is 1. The number of rotatable bonds is 6. The first-order valence-electron chi connectivity index (χ1n) is 7.40. The van der Waals surface area contributed by atoms with Crippen LogP contribution in [0.5, 0.6) is 0 Å². The first kappa shape index (κ1) is 17.2. The Kier molecular flexibility index (Phi) is 5.13. The Hall–Kier alpha value is -2.68. The third kappa shape index (κ3) is 3.71. The van der Waals surface area contributed by atoms with Crippen molar-refractivity contribution in [3.05, 3.63) is 42.2 Å². The molecule has 1 saturated heterocycles. The number of hydrazone groups is 1. The molecular weight excluding hydrogens is 348 g/mol. The summed E-state index contributed by atoms with van der Waals surface area (Å²) in [5, 5.41) is 5.03. The molecule has 1 aliphatic rings. The van der Waals surface area contributed by atoms with Crippen molar-refractivity contribution in [1.82, 2.24) is 9.91 Å². The fourth-order valence-electron chi connectivity index (χ4n) is 2.30. The summed E-state index contributed by atoms with van der Waals surface area (Å²) in [4.78, 5) is 29.3. The maximum absolute atomic E-state index is 11.9. The van der Waals surface area contributed by atoms with E-state index in [1.807, 2.05) is 24.3 Å². The third-order valence-corrected chi connectivity index (χ3v) is 3.80. The summed E-state index contributed by atoms with van der Waals surface area (Å²) in [5.41, 5.74) is 3.48. The summed E-state index contributed by atoms with van der Waals surface area (Å²) >= 11 is 5.56. The number of quaternary nitrogens is 1. The van der Waals surface area contributed by atoms with Gasteiger partial charge in [-0.2, -0.15) is 10.6 Å². The Balaban J connectivity index is 1.69. The van der Waals surface area contributed by atoms with Gasteiger partial charge in [0.05, 0.1) is 13.3 Å². The Morgan fingerprint density at radius 3 is 2.68 bits per heavy atom. The van der Waals surface area contributed by atoms with Crippen LogP contribution in [0.1, 0.15) is 5.76 Å². The first-order valence-corrected chi connectivity index (χ1v) is 7.94. The molecule has 2 heterocycles. The van der Waals surface area contributed by atoms with Gasteiger partial charge in [0.1, 0.15) is 24.1 Å². The summed E-state index contributed by atoms with van der Waals surface area (Å²) in [7, 11) is 1.59. The van der Waals surface area contributed by atoms with Gasteiger partial charge in [-0.25, -0.2) is 19.5 Å². The van der Waals surface area contributed by atoms with Gasteiger partial charge in [-0.05, 0) is 24.3 Å². The zero-order valence-corrected chi connectivity index (χ0v) is 14.1. The number of furan rings is 1. The highest BCUT2D eigenvalue weighted by atomic mass is 35.5. The Morgan fingerprint density at radius 2 is 2.04 bits per heavy atom. The van der Waals surface area contributed by atoms with E-state index < -0.39 is 6.03 Å². The van der Waals surface area contributed by atoms with Crippen molar-refractivity contribution in [2.24, 2.45) is 5.10 Å². The van der Waals surface area contributed by atoms with Gasteiger partial charge in [0.25, 0.3) is 5.91 Å². The van der Waals surface area contributed by atoms with Gasteiger partial charge in [-0.15, -0.1) is 11.6 Å². The maximum Gasteiger partial charge on any atom is 0.348 e. The second-order valence-electron chi connectivity index (χ2n) is 5.20. The zero-order chi connectivity index (χ0) is 17.8. The number of alkyl halides is 1. The minimum Gasteiger partial charge on any atom is -0.455 e. The summed E-state index contributed by atoms with van der Waals surface area (Å²) < 4.78 is 5.69. The van der Waals surface area contributed by atoms with Crippen LogP contribution in [-0.4, -0.2) is 47.7 Å². The molecule has 0 atom stereocenters. The van der Waals surface area contributed by atoms with Crippen LogP contribution in [0.2, 0.25) is 0 Å². The third-order valence-electron chi connectivity index (χ3n) is 3.56. The minimum atomic E-state index is -0.548. The molecule has 0 radical (unpaired) electrons. The lowest BCUT2D eigenvalue weighted by Gasteiger charge is -2.09. The predicted molar refractivity (Wildman–Crippen MR) is 90.0 cm³/mol. The molecule has 9 heteroatoms. The van der Waals surface area contributed by atoms with E-state index in [-0.39, 0.29) is 18.5 Å². The molecule has 0 aliphatic carbocycles. The number of hydrogen-bond donors (Lipinski definition) is 1. The molecule has 0 bridgehead atoms. The van der Waals surface area contributed by atoms with E-state index in [0.717, 1.165) is 21.2 Å². The topological polar surface area (TPSA) is 92.0 Å². The van der Waals surface area contributed by atoms with Crippen LogP contribution in [0, 0.1) is 0 Å². The standard InChI is InChI=1S/C16H15ClN4O4/c1-24-19-12-4-2-11(3-5-12)14-7-6-13(25-14)8-18-21-9-15(22)20(10-17)16(21)23/h2-8,19H,9-10H2,1H3/p+1/b18-8+. The first-order chi connectivity index (χ1) is 12.1. The molecule has 3 rings (SSSR count). The lowest BCUT2D eigenvalue weighted by molar-refractivity contribution is -0.830. The highest BCUT2D eigenvalue weighted by Crippen LogP contribution is 2.22. The molecule has 8 nitrogen and oxygen atoms in total. The van der Waals surface area contributed by atoms with E-state index >= 15 is 0 Å². The van der Waals surface area contributed by atoms with Crippen LogP contribution in [0.4, 0.5) is 10.5 Å². The van der Waals surface area contributed by atoms with E-state index in [2.05, 4.69) is 5.10 Å². The molecule has 1 aromatic heterocycles. The average Bonchev–Trinajstić information content (AvgIpc) is 3.18. The number of carbonyl (C=O) groups is 2. The molecule has 0 unspecified atom stereocenters. The summed E-state index contributed by atoms with van der Waals surface area (Å²) in [6.07, 6.45) is 1.39. The predicted octanol–water partition coefficient (Wildman–Crippen LogP) is 1.50. The number of carbonyl (C=O) groups excluding carboxylic acids is 2. The van der Waals surface area contributed by atoms with Gasteiger partial charge in [-0.3, -0.25) is 4.79 Å². The van der Waals surface area contributed by atoms with Gasteiger partial charge >= 0.3 is 6.03 Å². The van der Waals surface area contributed by atoms with Gasteiger partial charge in [0, 0.05) is 17.7 Å². The lowest BCUT2D eigenvalue weighted by atomic mass is 10.1. The van der Waals surface area contributed by atoms with Crippen molar-refractivity contribution in [2.75, 3.05) is 19.7 Å². The van der Waals surface area contributed by atoms with Crippen LogP contribution < -0.4 is 5.48 Å². The van der Waals surface area contributed by atoms with Crippen LogP contribution >= 0.6 is 11.6 Å². The molecule has 0 spiro atoms. The van der Waals surface area contributed by atoms with Crippen molar-refractivity contribution in [3.8, 4) is 11.3 Å². The number of imide groups is 1. The number of benzene rings is 1. The van der Waals surface area contributed by atoms with Crippen LogP contribution in [-0.2, 0) is 9.63 Å². The van der Waals surface area contributed by atoms with Gasteiger partial charge in [-0.1, -0.05) is 0 Å². The molecule has 0 saturated carbocycles. The fraction of sp³-hybridized carbons (Fsp3) is 0.188. The van der Waals surface area contributed by atoms with Crippen molar-refractivity contribution in [1.29, 1.82) is 0 Å². The molecular formula is C16H16ClN4O4+. The molecule has 1 aromatic carbocycles. The monoisotopic (exact) mass is 363 g/mol. The van der Waals surface area contributed by atoms with Gasteiger partial charge in [0.15, 0.2) is 5.69 Å². The molecule has 2 aromatic rings. The van der Waals surface area contributed by atoms with E-state index in [0.29, 0.717) is 11.5 Å². The number of hydrogen-bond acceptors (Lipinski definition) is 5. The molecule has 3 amide bonds. The van der Waals surface area contributed by atoms with Gasteiger partial charge in [0.2, 0.25) is 0 Å². The highest BCUT2D eigenvalue weighted by molar-refractivity contribution is 6.21. The van der Waals surface area contributed by atoms with E-state index in [1.54, 1.807) is 24.7 Å². The number of nitrogens with zero attached hydrogens (tertiary/aromatic N) is 3. The smallest absolute Gasteiger partial charge is 0.348 e. The van der Waals surface area contributed by atoms with Crippen molar-refractivity contribution in [3.63, 3.8) is 0 Å². The summed E-state index contributed by atoms with van der Waals surface area (Å²) in [6, 6.07) is 10.4. The quantitative estimate of drug-likeness (QED) is 0.210. The van der Waals surface area contributed by atoms with Crippen molar-refractivity contribution < 1.29 is 24.3 Å². The van der Waals surface area contributed by atoms with Gasteiger partial charge < -0.3 is 4.42 Å². The van der Waals surface area contributed by atoms with E-state index in [9.17, 15) is 9.59 Å². The Morgan fingerprint density at radius 1 is 1.28 bits per heavy atom. The fourth-order valence-corrected chi connectivity index (χ4v) is 2.54. The zero-order valence-electron chi connectivity index (χ0n) is 13.4. The van der Waals surface area contributed by atoms with Crippen molar-refractivity contribution in [2.45, 2.75) is 0 Å². The Bertz CT molecular complexity index is 803. The molecule has 1 fully saturated rings. The summed E-state index contributed by atoms with van der Waals surface area (Å²) in [6.45, 7) is -0.132.